The molecule has 0 aromatic carbocycles. The predicted molar refractivity (Wildman–Crippen MR) is 48.9 cm³/mol. The Balaban J connectivity index is 2.15. The van der Waals surface area contributed by atoms with Crippen LogP contribution in [0, 0.1) is 5.92 Å². The molecule has 0 heterocycles. The van der Waals surface area contributed by atoms with Crippen molar-refractivity contribution in [1.82, 2.24) is 0 Å². The van der Waals surface area contributed by atoms with Gasteiger partial charge >= 0.3 is 0 Å². The maximum Gasteiger partial charge on any atom is 0.155 e. The van der Waals surface area contributed by atoms with E-state index in [1.54, 1.807) is 0 Å². The summed E-state index contributed by atoms with van der Waals surface area (Å²) in [6.45, 7) is 0. The molecule has 12 heavy (non-hydrogen) atoms. The third-order valence-electron chi connectivity index (χ3n) is 3.11. The molecule has 0 amide bonds. The Morgan fingerprint density at radius 2 is 1.92 bits per heavy atom. The first-order valence-corrected chi connectivity index (χ1v) is 5.09. The molecule has 2 aliphatic rings. The van der Waals surface area contributed by atoms with Gasteiger partial charge in [0.1, 0.15) is 0 Å². The van der Waals surface area contributed by atoms with Gasteiger partial charge in [-0.2, -0.15) is 0 Å². The third-order valence-corrected chi connectivity index (χ3v) is 3.11. The molecule has 66 valence electrons. The van der Waals surface area contributed by atoms with Gasteiger partial charge in [-0.3, -0.25) is 4.79 Å². The fraction of sp³-hybridized carbons (Fsp3) is 0.727. The van der Waals surface area contributed by atoms with E-state index in [1.807, 2.05) is 6.08 Å². The fourth-order valence-corrected chi connectivity index (χ4v) is 2.43. The summed E-state index contributed by atoms with van der Waals surface area (Å²) in [6, 6.07) is 0. The van der Waals surface area contributed by atoms with E-state index in [1.165, 1.54) is 37.7 Å². The molecule has 0 bridgehead atoms. The number of ketones is 1. The zero-order chi connectivity index (χ0) is 8.39. The van der Waals surface area contributed by atoms with Gasteiger partial charge in [-0.1, -0.05) is 12.0 Å². The molecule has 0 aromatic rings. The van der Waals surface area contributed by atoms with Crippen LogP contribution in [-0.2, 0) is 4.79 Å². The van der Waals surface area contributed by atoms with E-state index in [0.29, 0.717) is 5.78 Å². The summed E-state index contributed by atoms with van der Waals surface area (Å²) >= 11 is 0. The van der Waals surface area contributed by atoms with Gasteiger partial charge in [-0.15, -0.1) is 0 Å². The molecule has 0 radical (unpaired) electrons. The highest BCUT2D eigenvalue weighted by molar-refractivity contribution is 5.90. The summed E-state index contributed by atoms with van der Waals surface area (Å²) in [4.78, 5) is 11.3. The first kappa shape index (κ1) is 8.03. The average molecular weight is 164 g/mol. The van der Waals surface area contributed by atoms with Crippen LogP contribution < -0.4 is 0 Å². The van der Waals surface area contributed by atoms with E-state index in [9.17, 15) is 4.79 Å². The van der Waals surface area contributed by atoms with Gasteiger partial charge in [0.05, 0.1) is 0 Å². The summed E-state index contributed by atoms with van der Waals surface area (Å²) in [5.41, 5.74) is 1.46. The highest BCUT2D eigenvalue weighted by Gasteiger charge is 2.22. The lowest BCUT2D eigenvalue weighted by Crippen LogP contribution is -2.04. The third kappa shape index (κ3) is 1.60. The Labute approximate surface area is 73.8 Å². The van der Waals surface area contributed by atoms with E-state index in [4.69, 9.17) is 0 Å². The second-order valence-electron chi connectivity index (χ2n) is 4.02. The van der Waals surface area contributed by atoms with Crippen LogP contribution in [0.4, 0.5) is 0 Å². The molecule has 0 aliphatic heterocycles. The van der Waals surface area contributed by atoms with Crippen LogP contribution in [0.25, 0.3) is 0 Å². The van der Waals surface area contributed by atoms with E-state index in [2.05, 4.69) is 0 Å². The smallest absolute Gasteiger partial charge is 0.155 e. The Morgan fingerprint density at radius 3 is 2.83 bits per heavy atom. The Morgan fingerprint density at radius 1 is 1.08 bits per heavy atom. The van der Waals surface area contributed by atoms with Gasteiger partial charge in [-0.05, 0) is 44.1 Å². The average Bonchev–Trinajstić information content (AvgIpc) is 2.42. The molecular formula is C11H16O. The highest BCUT2D eigenvalue weighted by Crippen LogP contribution is 2.35. The Bertz CT molecular complexity index is 215. The van der Waals surface area contributed by atoms with Gasteiger partial charge in [0, 0.05) is 6.42 Å². The monoisotopic (exact) mass is 164 g/mol. The fourth-order valence-electron chi connectivity index (χ4n) is 2.43. The predicted octanol–water partition coefficient (Wildman–Crippen LogP) is 2.86. The topological polar surface area (TPSA) is 17.1 Å². The summed E-state index contributed by atoms with van der Waals surface area (Å²) in [7, 11) is 0. The zero-order valence-electron chi connectivity index (χ0n) is 7.51. The van der Waals surface area contributed by atoms with Crippen molar-refractivity contribution in [3.8, 4) is 0 Å². The quantitative estimate of drug-likeness (QED) is 0.538. The minimum Gasteiger partial charge on any atom is -0.295 e. The Hall–Kier alpha value is -0.590. The van der Waals surface area contributed by atoms with Crippen LogP contribution in [0.2, 0.25) is 0 Å². The number of hydrogen-bond acceptors (Lipinski definition) is 1. The van der Waals surface area contributed by atoms with Crippen LogP contribution in [0.5, 0.6) is 0 Å². The largest absolute Gasteiger partial charge is 0.295 e. The maximum absolute atomic E-state index is 11.3. The minimum atomic E-state index is 0.372. The van der Waals surface area contributed by atoms with Gasteiger partial charge in [-0.25, -0.2) is 0 Å². The summed E-state index contributed by atoms with van der Waals surface area (Å²) in [6.07, 6.45) is 10.3. The summed E-state index contributed by atoms with van der Waals surface area (Å²) in [5.74, 6) is 1.14. The van der Waals surface area contributed by atoms with Crippen LogP contribution in [-0.4, -0.2) is 5.78 Å². The normalized spacial score (nSPS) is 34.8. The molecule has 1 heteroatoms. The summed E-state index contributed by atoms with van der Waals surface area (Å²) < 4.78 is 0. The first-order valence-electron chi connectivity index (χ1n) is 5.09. The van der Waals surface area contributed by atoms with E-state index < -0.39 is 0 Å². The van der Waals surface area contributed by atoms with Gasteiger partial charge < -0.3 is 0 Å². The first-order chi connectivity index (χ1) is 5.86. The van der Waals surface area contributed by atoms with Gasteiger partial charge in [0.2, 0.25) is 0 Å². The number of hydrogen-bond donors (Lipinski definition) is 0. The van der Waals surface area contributed by atoms with Crippen molar-refractivity contribution in [2.24, 2.45) is 5.92 Å². The number of carbonyl (C=O) groups is 1. The molecule has 1 fully saturated rings. The van der Waals surface area contributed by atoms with E-state index >= 15 is 0 Å². The summed E-state index contributed by atoms with van der Waals surface area (Å²) in [5, 5.41) is 0. The standard InChI is InChI=1S/C11H16O/c12-11-7-2-1-4-9-5-3-6-10(9)8-11/h8-9H,1-7H2/b10-8-. The number of rotatable bonds is 0. The molecule has 1 atom stereocenters. The van der Waals surface area contributed by atoms with Crippen molar-refractivity contribution in [3.63, 3.8) is 0 Å². The van der Waals surface area contributed by atoms with Gasteiger partial charge in [0.25, 0.3) is 0 Å². The number of carbonyl (C=O) groups excluding carboxylic acids is 1. The van der Waals surface area contributed by atoms with Crippen LogP contribution in [0.1, 0.15) is 44.9 Å². The Kier molecular flexibility index (Phi) is 2.29. The molecule has 0 aromatic heterocycles. The second-order valence-corrected chi connectivity index (χ2v) is 4.02. The van der Waals surface area contributed by atoms with E-state index in [-0.39, 0.29) is 0 Å². The molecule has 1 saturated carbocycles. The lowest BCUT2D eigenvalue weighted by Gasteiger charge is -2.14. The van der Waals surface area contributed by atoms with Gasteiger partial charge in [0.15, 0.2) is 5.78 Å². The van der Waals surface area contributed by atoms with E-state index in [0.717, 1.165) is 18.8 Å². The van der Waals surface area contributed by atoms with Crippen LogP contribution in [0.3, 0.4) is 0 Å². The van der Waals surface area contributed by atoms with Crippen LogP contribution >= 0.6 is 0 Å². The lowest BCUT2D eigenvalue weighted by atomic mass is 9.91. The maximum atomic E-state index is 11.3. The van der Waals surface area contributed by atoms with Crippen molar-refractivity contribution in [2.75, 3.05) is 0 Å². The molecule has 0 N–H and O–H groups in total. The zero-order valence-corrected chi connectivity index (χ0v) is 7.51. The highest BCUT2D eigenvalue weighted by atomic mass is 16.1. The van der Waals surface area contributed by atoms with Crippen molar-refractivity contribution in [3.05, 3.63) is 11.6 Å². The second kappa shape index (κ2) is 3.42. The van der Waals surface area contributed by atoms with Crippen molar-refractivity contribution >= 4 is 5.78 Å². The molecule has 0 spiro atoms. The molecule has 1 unspecified atom stereocenters. The van der Waals surface area contributed by atoms with Crippen molar-refractivity contribution in [1.29, 1.82) is 0 Å². The molecule has 1 nitrogen and oxygen atoms in total. The van der Waals surface area contributed by atoms with Crippen LogP contribution in [0.15, 0.2) is 11.6 Å². The number of allylic oxidation sites excluding steroid dienone is 2. The van der Waals surface area contributed by atoms with Crippen molar-refractivity contribution in [2.45, 2.75) is 44.9 Å². The SMILES string of the molecule is O=C1/C=C2/CCCC2CCCC1. The molecule has 2 rings (SSSR count). The molecular weight excluding hydrogens is 148 g/mol. The minimum absolute atomic E-state index is 0.372. The number of fused-ring (bicyclic) bond motifs is 1. The lowest BCUT2D eigenvalue weighted by molar-refractivity contribution is -0.114. The molecule has 0 saturated heterocycles. The van der Waals surface area contributed by atoms with Crippen molar-refractivity contribution < 1.29 is 4.79 Å². The molecule has 2 aliphatic carbocycles.